The molecule has 2 N–H and O–H groups in total. The number of aliphatic hydroxyl groups excluding tert-OH is 1. The summed E-state index contributed by atoms with van der Waals surface area (Å²) in [7, 11) is 1.78. The van der Waals surface area contributed by atoms with Crippen LogP contribution in [0.1, 0.15) is 30.9 Å². The van der Waals surface area contributed by atoms with Gasteiger partial charge in [-0.25, -0.2) is 9.78 Å². The van der Waals surface area contributed by atoms with Gasteiger partial charge in [0, 0.05) is 19.5 Å². The largest absolute Gasteiger partial charge is 0.393 e. The molecule has 0 saturated heterocycles. The summed E-state index contributed by atoms with van der Waals surface area (Å²) in [4.78, 5) is 18.3. The molecular formula is C18H25N5O2. The first-order valence-corrected chi connectivity index (χ1v) is 8.70. The molecule has 1 saturated carbocycles. The molecule has 1 fully saturated rings. The number of nitrogens with zero attached hydrogens (tertiary/aromatic N) is 4. The van der Waals surface area contributed by atoms with Crippen molar-refractivity contribution in [2.75, 3.05) is 13.6 Å². The van der Waals surface area contributed by atoms with Crippen molar-refractivity contribution >= 4 is 6.03 Å². The van der Waals surface area contributed by atoms with E-state index in [0.717, 1.165) is 24.8 Å². The first-order chi connectivity index (χ1) is 12.1. The Kier molecular flexibility index (Phi) is 5.65. The summed E-state index contributed by atoms with van der Waals surface area (Å²) >= 11 is 0. The van der Waals surface area contributed by atoms with Gasteiger partial charge in [-0.1, -0.05) is 36.8 Å². The van der Waals surface area contributed by atoms with Crippen LogP contribution in [0.15, 0.2) is 43.0 Å². The third-order valence-electron chi connectivity index (χ3n) is 4.81. The minimum absolute atomic E-state index is 0.145. The molecule has 0 radical (unpaired) electrons. The van der Waals surface area contributed by atoms with Crippen LogP contribution in [0.5, 0.6) is 0 Å². The number of aliphatic hydroxyl groups is 1. The summed E-state index contributed by atoms with van der Waals surface area (Å²) in [6.07, 6.45) is 5.66. The maximum Gasteiger partial charge on any atom is 0.317 e. The van der Waals surface area contributed by atoms with Gasteiger partial charge in [0.05, 0.1) is 18.7 Å². The zero-order valence-electron chi connectivity index (χ0n) is 14.5. The van der Waals surface area contributed by atoms with E-state index in [2.05, 4.69) is 15.4 Å². The number of hydrogen-bond donors (Lipinski definition) is 2. The molecule has 1 aromatic carbocycles. The topological polar surface area (TPSA) is 83.3 Å². The molecule has 2 aromatic rings. The monoisotopic (exact) mass is 343 g/mol. The van der Waals surface area contributed by atoms with Crippen molar-refractivity contribution in [2.45, 2.75) is 38.0 Å². The van der Waals surface area contributed by atoms with E-state index >= 15 is 0 Å². The van der Waals surface area contributed by atoms with Gasteiger partial charge in [0.25, 0.3) is 0 Å². The molecule has 7 nitrogen and oxygen atoms in total. The molecule has 134 valence electrons. The molecule has 0 spiro atoms. The highest BCUT2D eigenvalue weighted by Crippen LogP contribution is 2.26. The Bertz CT molecular complexity index is 661. The number of nitrogens with one attached hydrogen (secondary N) is 1. The van der Waals surface area contributed by atoms with E-state index in [9.17, 15) is 9.90 Å². The van der Waals surface area contributed by atoms with Gasteiger partial charge < -0.3 is 15.3 Å². The van der Waals surface area contributed by atoms with Crippen LogP contribution in [-0.2, 0) is 6.54 Å². The Hall–Kier alpha value is -2.41. The smallest absolute Gasteiger partial charge is 0.317 e. The van der Waals surface area contributed by atoms with Crippen molar-refractivity contribution < 1.29 is 9.90 Å². The summed E-state index contributed by atoms with van der Waals surface area (Å²) in [5, 5.41) is 17.2. The highest BCUT2D eigenvalue weighted by atomic mass is 16.3. The number of rotatable bonds is 6. The van der Waals surface area contributed by atoms with E-state index in [0.29, 0.717) is 13.1 Å². The van der Waals surface area contributed by atoms with Gasteiger partial charge in [-0.2, -0.15) is 5.10 Å². The molecule has 25 heavy (non-hydrogen) atoms. The molecule has 7 heteroatoms. The lowest BCUT2D eigenvalue weighted by atomic mass is 10.1. The summed E-state index contributed by atoms with van der Waals surface area (Å²) in [5.41, 5.74) is 1.01. The fourth-order valence-corrected chi connectivity index (χ4v) is 3.36. The molecule has 0 aliphatic heterocycles. The van der Waals surface area contributed by atoms with Crippen molar-refractivity contribution in [2.24, 2.45) is 5.92 Å². The summed E-state index contributed by atoms with van der Waals surface area (Å²) in [5.74, 6) is 0.168. The number of aromatic nitrogens is 3. The first-order valence-electron chi connectivity index (χ1n) is 8.70. The SMILES string of the molecule is CN(CC1CCCC1O)C(=O)NC(Cn1cncn1)c1ccccc1. The zero-order valence-corrected chi connectivity index (χ0v) is 14.5. The number of carbonyl (C=O) groups is 1. The Balaban J connectivity index is 1.65. The van der Waals surface area contributed by atoms with Gasteiger partial charge >= 0.3 is 6.03 Å². The van der Waals surface area contributed by atoms with Crippen LogP contribution >= 0.6 is 0 Å². The number of benzene rings is 1. The third-order valence-corrected chi connectivity index (χ3v) is 4.81. The van der Waals surface area contributed by atoms with Gasteiger partial charge in [-0.15, -0.1) is 0 Å². The lowest BCUT2D eigenvalue weighted by molar-refractivity contribution is 0.113. The van der Waals surface area contributed by atoms with Crippen molar-refractivity contribution in [3.05, 3.63) is 48.5 Å². The predicted octanol–water partition coefficient (Wildman–Crippen LogP) is 1.82. The molecular weight excluding hydrogens is 318 g/mol. The normalized spacial score (nSPS) is 21.0. The van der Waals surface area contributed by atoms with E-state index in [1.165, 1.54) is 6.33 Å². The zero-order chi connectivity index (χ0) is 17.6. The molecule has 1 aliphatic rings. The fraction of sp³-hybridized carbons (Fsp3) is 0.500. The number of carbonyl (C=O) groups excluding carboxylic acids is 1. The standard InChI is InChI=1S/C18H25N5O2/c1-22(10-15-8-5-9-17(15)24)18(25)21-16(11-23-13-19-12-20-23)14-6-3-2-4-7-14/h2-4,6-7,12-13,15-17,24H,5,8-11H2,1H3,(H,21,25). The van der Waals surface area contributed by atoms with Crippen LogP contribution < -0.4 is 5.32 Å². The fourth-order valence-electron chi connectivity index (χ4n) is 3.36. The molecule has 1 aliphatic carbocycles. The lowest BCUT2D eigenvalue weighted by Gasteiger charge is -2.26. The predicted molar refractivity (Wildman–Crippen MR) is 93.7 cm³/mol. The summed E-state index contributed by atoms with van der Waals surface area (Å²) in [6, 6.07) is 9.49. The maximum absolute atomic E-state index is 12.6. The quantitative estimate of drug-likeness (QED) is 0.838. The number of urea groups is 1. The Morgan fingerprint density at radius 3 is 2.84 bits per heavy atom. The van der Waals surface area contributed by atoms with Gasteiger partial charge in [-0.3, -0.25) is 4.68 Å². The summed E-state index contributed by atoms with van der Waals surface area (Å²) < 4.78 is 1.71. The highest BCUT2D eigenvalue weighted by molar-refractivity contribution is 5.74. The molecule has 1 heterocycles. The van der Waals surface area contributed by atoms with Gasteiger partial charge in [0.15, 0.2) is 0 Å². The van der Waals surface area contributed by atoms with Crippen LogP contribution in [0.25, 0.3) is 0 Å². The van der Waals surface area contributed by atoms with E-state index in [4.69, 9.17) is 0 Å². The van der Waals surface area contributed by atoms with Crippen LogP contribution in [0.2, 0.25) is 0 Å². The van der Waals surface area contributed by atoms with Crippen molar-refractivity contribution in [3.63, 3.8) is 0 Å². The Labute approximate surface area is 147 Å². The Morgan fingerprint density at radius 2 is 2.20 bits per heavy atom. The minimum Gasteiger partial charge on any atom is -0.393 e. The van der Waals surface area contributed by atoms with E-state index in [1.807, 2.05) is 30.3 Å². The second kappa shape index (κ2) is 8.11. The van der Waals surface area contributed by atoms with Crippen LogP contribution in [0, 0.1) is 5.92 Å². The van der Waals surface area contributed by atoms with Crippen LogP contribution in [0.4, 0.5) is 4.79 Å². The maximum atomic E-state index is 12.6. The molecule has 0 bridgehead atoms. The van der Waals surface area contributed by atoms with E-state index < -0.39 is 0 Å². The second-order valence-electron chi connectivity index (χ2n) is 6.67. The first kappa shape index (κ1) is 17.4. The van der Waals surface area contributed by atoms with E-state index in [1.54, 1.807) is 23.0 Å². The third kappa shape index (κ3) is 4.57. The van der Waals surface area contributed by atoms with Crippen molar-refractivity contribution in [1.82, 2.24) is 25.0 Å². The summed E-state index contributed by atoms with van der Waals surface area (Å²) in [6.45, 7) is 1.08. The number of amides is 2. The number of hydrogen-bond acceptors (Lipinski definition) is 4. The van der Waals surface area contributed by atoms with Crippen LogP contribution in [0.3, 0.4) is 0 Å². The molecule has 2 amide bonds. The molecule has 3 unspecified atom stereocenters. The average molecular weight is 343 g/mol. The van der Waals surface area contributed by atoms with Gasteiger partial charge in [-0.05, 0) is 18.4 Å². The molecule has 1 aromatic heterocycles. The van der Waals surface area contributed by atoms with Crippen molar-refractivity contribution in [3.8, 4) is 0 Å². The van der Waals surface area contributed by atoms with Crippen molar-refractivity contribution in [1.29, 1.82) is 0 Å². The molecule has 3 atom stereocenters. The average Bonchev–Trinajstić information content (AvgIpc) is 3.27. The second-order valence-corrected chi connectivity index (χ2v) is 6.67. The van der Waals surface area contributed by atoms with E-state index in [-0.39, 0.29) is 24.1 Å². The van der Waals surface area contributed by atoms with Crippen LogP contribution in [-0.4, -0.2) is 50.5 Å². The highest BCUT2D eigenvalue weighted by Gasteiger charge is 2.28. The lowest BCUT2D eigenvalue weighted by Crippen LogP contribution is -2.43. The molecule has 3 rings (SSSR count). The van der Waals surface area contributed by atoms with Gasteiger partial charge in [0.2, 0.25) is 0 Å². The van der Waals surface area contributed by atoms with Gasteiger partial charge in [0.1, 0.15) is 12.7 Å². The minimum atomic E-state index is -0.296. The Morgan fingerprint density at radius 1 is 1.40 bits per heavy atom.